The SMILES string of the molecule is Cc1cc2c(o1)C(C)CCC2. The van der Waals surface area contributed by atoms with Crippen LogP contribution in [-0.2, 0) is 6.42 Å². The Bertz CT molecular complexity index is 260. The highest BCUT2D eigenvalue weighted by molar-refractivity contribution is 5.26. The maximum Gasteiger partial charge on any atom is 0.110 e. The molecule has 1 aromatic rings. The topological polar surface area (TPSA) is 13.1 Å². The summed E-state index contributed by atoms with van der Waals surface area (Å²) in [6, 6.07) is 2.19. The summed E-state index contributed by atoms with van der Waals surface area (Å²) in [6.45, 7) is 4.28. The van der Waals surface area contributed by atoms with Gasteiger partial charge in [-0.1, -0.05) is 6.92 Å². The molecule has 1 unspecified atom stereocenters. The van der Waals surface area contributed by atoms with Gasteiger partial charge in [0.2, 0.25) is 0 Å². The largest absolute Gasteiger partial charge is 0.466 e. The second kappa shape index (κ2) is 2.40. The van der Waals surface area contributed by atoms with Crippen molar-refractivity contribution in [1.82, 2.24) is 0 Å². The molecule has 0 saturated heterocycles. The van der Waals surface area contributed by atoms with Crippen LogP contribution in [0.3, 0.4) is 0 Å². The quantitative estimate of drug-likeness (QED) is 0.554. The van der Waals surface area contributed by atoms with Gasteiger partial charge in [-0.2, -0.15) is 0 Å². The molecule has 0 N–H and O–H groups in total. The van der Waals surface area contributed by atoms with Crippen LogP contribution in [0.4, 0.5) is 0 Å². The van der Waals surface area contributed by atoms with E-state index in [2.05, 4.69) is 13.0 Å². The zero-order chi connectivity index (χ0) is 7.84. The first-order chi connectivity index (χ1) is 5.27. The molecule has 1 aliphatic carbocycles. The van der Waals surface area contributed by atoms with Crippen LogP contribution < -0.4 is 0 Å². The van der Waals surface area contributed by atoms with E-state index in [1.54, 1.807) is 0 Å². The molecule has 0 fully saturated rings. The van der Waals surface area contributed by atoms with E-state index >= 15 is 0 Å². The molecule has 0 bridgehead atoms. The summed E-state index contributed by atoms with van der Waals surface area (Å²) < 4.78 is 5.62. The van der Waals surface area contributed by atoms with E-state index < -0.39 is 0 Å². The molecule has 60 valence electrons. The van der Waals surface area contributed by atoms with Gasteiger partial charge >= 0.3 is 0 Å². The van der Waals surface area contributed by atoms with Crippen LogP contribution in [0.5, 0.6) is 0 Å². The minimum atomic E-state index is 0.646. The molecular formula is C10H14O. The molecule has 0 amide bonds. The van der Waals surface area contributed by atoms with Gasteiger partial charge < -0.3 is 4.42 Å². The first-order valence-electron chi connectivity index (χ1n) is 4.36. The van der Waals surface area contributed by atoms with E-state index in [4.69, 9.17) is 4.42 Å². The van der Waals surface area contributed by atoms with Crippen molar-refractivity contribution in [1.29, 1.82) is 0 Å². The molecule has 1 atom stereocenters. The first-order valence-corrected chi connectivity index (χ1v) is 4.36. The molecular weight excluding hydrogens is 136 g/mol. The fraction of sp³-hybridized carbons (Fsp3) is 0.600. The van der Waals surface area contributed by atoms with Gasteiger partial charge in [0.25, 0.3) is 0 Å². The Balaban J connectivity index is 2.43. The third kappa shape index (κ3) is 1.09. The van der Waals surface area contributed by atoms with Gasteiger partial charge in [0.15, 0.2) is 0 Å². The Morgan fingerprint density at radius 3 is 3.09 bits per heavy atom. The van der Waals surface area contributed by atoms with Crippen molar-refractivity contribution in [2.75, 3.05) is 0 Å². The Morgan fingerprint density at radius 2 is 2.36 bits per heavy atom. The van der Waals surface area contributed by atoms with Crippen LogP contribution in [0.1, 0.15) is 42.8 Å². The predicted octanol–water partition coefficient (Wildman–Crippen LogP) is 3.03. The molecule has 1 heteroatoms. The normalized spacial score (nSPS) is 23.3. The van der Waals surface area contributed by atoms with E-state index in [0.717, 1.165) is 5.76 Å². The van der Waals surface area contributed by atoms with Gasteiger partial charge in [-0.05, 0) is 37.8 Å². The van der Waals surface area contributed by atoms with Gasteiger partial charge in [-0.25, -0.2) is 0 Å². The maximum absolute atomic E-state index is 5.62. The standard InChI is InChI=1S/C10H14O/c1-7-4-3-5-9-6-8(2)11-10(7)9/h6-7H,3-5H2,1-2H3. The highest BCUT2D eigenvalue weighted by atomic mass is 16.3. The minimum absolute atomic E-state index is 0.646. The number of furan rings is 1. The fourth-order valence-corrected chi connectivity index (χ4v) is 1.93. The summed E-state index contributed by atoms with van der Waals surface area (Å²) in [7, 11) is 0. The number of hydrogen-bond donors (Lipinski definition) is 0. The van der Waals surface area contributed by atoms with Crippen molar-refractivity contribution in [3.63, 3.8) is 0 Å². The highest BCUT2D eigenvalue weighted by Gasteiger charge is 2.19. The van der Waals surface area contributed by atoms with E-state index in [-0.39, 0.29) is 0 Å². The molecule has 0 radical (unpaired) electrons. The summed E-state index contributed by atoms with van der Waals surface area (Å²) in [6.07, 6.45) is 3.84. The molecule has 1 aliphatic rings. The Kier molecular flexibility index (Phi) is 1.52. The number of hydrogen-bond acceptors (Lipinski definition) is 1. The van der Waals surface area contributed by atoms with E-state index in [9.17, 15) is 0 Å². The van der Waals surface area contributed by atoms with Crippen molar-refractivity contribution in [3.8, 4) is 0 Å². The summed E-state index contributed by atoms with van der Waals surface area (Å²) in [4.78, 5) is 0. The lowest BCUT2D eigenvalue weighted by Crippen LogP contribution is -2.03. The lowest BCUT2D eigenvalue weighted by molar-refractivity contribution is 0.418. The Morgan fingerprint density at radius 1 is 1.55 bits per heavy atom. The van der Waals surface area contributed by atoms with Gasteiger partial charge in [-0.15, -0.1) is 0 Å². The first kappa shape index (κ1) is 6.96. The molecule has 1 nitrogen and oxygen atoms in total. The summed E-state index contributed by atoms with van der Waals surface area (Å²) in [5.41, 5.74) is 1.45. The van der Waals surface area contributed by atoms with E-state index in [1.807, 2.05) is 6.92 Å². The maximum atomic E-state index is 5.62. The zero-order valence-electron chi connectivity index (χ0n) is 7.18. The molecule has 0 spiro atoms. The second-order valence-electron chi connectivity index (χ2n) is 3.54. The van der Waals surface area contributed by atoms with Crippen molar-refractivity contribution in [2.24, 2.45) is 0 Å². The lowest BCUT2D eigenvalue weighted by atomic mass is 9.90. The third-order valence-electron chi connectivity index (χ3n) is 2.50. The van der Waals surface area contributed by atoms with Crippen molar-refractivity contribution in [2.45, 2.75) is 39.0 Å². The Hall–Kier alpha value is -0.720. The van der Waals surface area contributed by atoms with Crippen molar-refractivity contribution in [3.05, 3.63) is 23.2 Å². The predicted molar refractivity (Wildman–Crippen MR) is 44.8 cm³/mol. The van der Waals surface area contributed by atoms with Gasteiger partial charge in [0, 0.05) is 5.92 Å². The monoisotopic (exact) mass is 150 g/mol. The fourth-order valence-electron chi connectivity index (χ4n) is 1.93. The number of fused-ring (bicyclic) bond motifs is 1. The van der Waals surface area contributed by atoms with Crippen LogP contribution >= 0.6 is 0 Å². The molecule has 2 rings (SSSR count). The smallest absolute Gasteiger partial charge is 0.110 e. The summed E-state index contributed by atoms with van der Waals surface area (Å²) >= 11 is 0. The average Bonchev–Trinajstić information content (AvgIpc) is 2.31. The Labute approximate surface area is 67.4 Å². The van der Waals surface area contributed by atoms with Crippen molar-refractivity contribution < 1.29 is 4.42 Å². The molecule has 11 heavy (non-hydrogen) atoms. The van der Waals surface area contributed by atoms with Crippen LogP contribution in [0, 0.1) is 6.92 Å². The van der Waals surface area contributed by atoms with Crippen molar-refractivity contribution >= 4 is 0 Å². The number of aryl methyl sites for hydroxylation is 2. The van der Waals surface area contributed by atoms with Gasteiger partial charge in [0.1, 0.15) is 11.5 Å². The zero-order valence-corrected chi connectivity index (χ0v) is 7.18. The second-order valence-corrected chi connectivity index (χ2v) is 3.54. The van der Waals surface area contributed by atoms with Crippen LogP contribution in [-0.4, -0.2) is 0 Å². The molecule has 1 heterocycles. The van der Waals surface area contributed by atoms with Crippen LogP contribution in [0.25, 0.3) is 0 Å². The lowest BCUT2D eigenvalue weighted by Gasteiger charge is -2.15. The summed E-state index contributed by atoms with van der Waals surface area (Å²) in [5, 5.41) is 0. The minimum Gasteiger partial charge on any atom is -0.466 e. The van der Waals surface area contributed by atoms with Gasteiger partial charge in [0.05, 0.1) is 0 Å². The number of rotatable bonds is 0. The summed E-state index contributed by atoms with van der Waals surface area (Å²) in [5.74, 6) is 2.96. The molecule has 0 aromatic carbocycles. The highest BCUT2D eigenvalue weighted by Crippen LogP contribution is 2.32. The average molecular weight is 150 g/mol. The van der Waals surface area contributed by atoms with Crippen LogP contribution in [0.15, 0.2) is 10.5 Å². The molecule has 0 aliphatic heterocycles. The van der Waals surface area contributed by atoms with Gasteiger partial charge in [-0.3, -0.25) is 0 Å². The van der Waals surface area contributed by atoms with Crippen LogP contribution in [0.2, 0.25) is 0 Å². The van der Waals surface area contributed by atoms with E-state index in [1.165, 1.54) is 30.6 Å². The van der Waals surface area contributed by atoms with E-state index in [0.29, 0.717) is 5.92 Å². The molecule has 1 aromatic heterocycles. The third-order valence-corrected chi connectivity index (χ3v) is 2.50. The molecule has 0 saturated carbocycles.